The van der Waals surface area contributed by atoms with Crippen LogP contribution in [0.2, 0.25) is 0 Å². The average molecular weight is 427 g/mol. The quantitative estimate of drug-likeness (QED) is 0.475. The summed E-state index contributed by atoms with van der Waals surface area (Å²) in [6, 6.07) is 9.53. The van der Waals surface area contributed by atoms with Crippen LogP contribution in [0.15, 0.2) is 42.7 Å². The minimum absolute atomic E-state index is 0.00615. The molecule has 3 N–H and O–H groups in total. The minimum Gasteiger partial charge on any atom is -0.492 e. The third kappa shape index (κ3) is 8.66. The zero-order valence-corrected chi connectivity index (χ0v) is 18.8. The molecule has 0 aliphatic carbocycles. The average Bonchev–Trinajstić information content (AvgIpc) is 2.73. The molecule has 0 aliphatic rings. The van der Waals surface area contributed by atoms with E-state index in [9.17, 15) is 9.59 Å². The van der Waals surface area contributed by atoms with Crippen LogP contribution in [-0.4, -0.2) is 47.4 Å². The number of nitrogens with zero attached hydrogens (tertiary/aromatic N) is 2. The first kappa shape index (κ1) is 24.2. The summed E-state index contributed by atoms with van der Waals surface area (Å²) in [5, 5.41) is 3.27. The van der Waals surface area contributed by atoms with Gasteiger partial charge >= 0.3 is 0 Å². The Balaban J connectivity index is 1.92. The van der Waals surface area contributed by atoms with Gasteiger partial charge in [-0.3, -0.25) is 14.6 Å². The predicted molar refractivity (Wildman–Crippen MR) is 123 cm³/mol. The topological polar surface area (TPSA) is 97.6 Å². The van der Waals surface area contributed by atoms with Crippen molar-refractivity contribution in [2.45, 2.75) is 52.5 Å². The van der Waals surface area contributed by atoms with Gasteiger partial charge in [-0.2, -0.15) is 0 Å². The fraction of sp³-hybridized carbons (Fsp3) is 0.458. The normalized spacial score (nSPS) is 10.7. The standard InChI is InChI=1S/C24H34N4O3/c1-18(2)28(13-6-4-5-7-23(25)29)24(30)20-15-19(3)16-22(17-20)31-14-12-27-21-8-10-26-11-9-21/h8-11,15-18H,4-7,12-14H2,1-3H3,(H2,25,29)(H,26,27). The fourth-order valence-corrected chi connectivity index (χ4v) is 3.31. The highest BCUT2D eigenvalue weighted by molar-refractivity contribution is 5.95. The van der Waals surface area contributed by atoms with Gasteiger partial charge < -0.3 is 20.7 Å². The van der Waals surface area contributed by atoms with E-state index < -0.39 is 0 Å². The molecule has 2 rings (SSSR count). The van der Waals surface area contributed by atoms with Gasteiger partial charge in [-0.05, 0) is 69.5 Å². The Morgan fingerprint density at radius 3 is 2.55 bits per heavy atom. The molecule has 0 atom stereocenters. The van der Waals surface area contributed by atoms with Crippen molar-refractivity contribution < 1.29 is 14.3 Å². The number of aryl methyl sites for hydroxylation is 1. The second-order valence-corrected chi connectivity index (χ2v) is 7.92. The third-order valence-electron chi connectivity index (χ3n) is 4.88. The maximum Gasteiger partial charge on any atom is 0.254 e. The molecule has 1 heterocycles. The first-order chi connectivity index (χ1) is 14.9. The third-order valence-corrected chi connectivity index (χ3v) is 4.88. The first-order valence-corrected chi connectivity index (χ1v) is 10.8. The molecule has 0 saturated carbocycles. The van der Waals surface area contributed by atoms with Gasteiger partial charge in [-0.25, -0.2) is 0 Å². The van der Waals surface area contributed by atoms with E-state index in [1.54, 1.807) is 12.4 Å². The van der Waals surface area contributed by atoms with E-state index in [2.05, 4.69) is 10.3 Å². The van der Waals surface area contributed by atoms with Crippen molar-refractivity contribution >= 4 is 17.5 Å². The van der Waals surface area contributed by atoms with Gasteiger partial charge in [-0.15, -0.1) is 0 Å². The molecule has 0 bridgehead atoms. The van der Waals surface area contributed by atoms with Crippen LogP contribution in [0, 0.1) is 6.92 Å². The minimum atomic E-state index is -0.278. The van der Waals surface area contributed by atoms with Crippen molar-refractivity contribution in [1.82, 2.24) is 9.88 Å². The lowest BCUT2D eigenvalue weighted by molar-refractivity contribution is -0.118. The molecule has 2 aromatic rings. The predicted octanol–water partition coefficient (Wildman–Crippen LogP) is 3.78. The van der Waals surface area contributed by atoms with E-state index >= 15 is 0 Å². The van der Waals surface area contributed by atoms with Crippen molar-refractivity contribution in [1.29, 1.82) is 0 Å². The number of hydrogen-bond acceptors (Lipinski definition) is 5. The highest BCUT2D eigenvalue weighted by Gasteiger charge is 2.19. The Morgan fingerprint density at radius 1 is 1.13 bits per heavy atom. The summed E-state index contributed by atoms with van der Waals surface area (Å²) in [7, 11) is 0. The van der Waals surface area contributed by atoms with E-state index in [4.69, 9.17) is 10.5 Å². The van der Waals surface area contributed by atoms with Gasteiger partial charge in [0.2, 0.25) is 5.91 Å². The molecule has 7 nitrogen and oxygen atoms in total. The zero-order chi connectivity index (χ0) is 22.6. The molecule has 0 fully saturated rings. The molecular weight excluding hydrogens is 392 g/mol. The molecule has 1 aromatic heterocycles. The van der Waals surface area contributed by atoms with Crippen LogP contribution < -0.4 is 15.8 Å². The number of ether oxygens (including phenoxy) is 1. The van der Waals surface area contributed by atoms with Gasteiger partial charge in [-0.1, -0.05) is 6.42 Å². The first-order valence-electron chi connectivity index (χ1n) is 10.8. The number of carbonyl (C=O) groups excluding carboxylic acids is 2. The van der Waals surface area contributed by atoms with Crippen molar-refractivity contribution in [2.24, 2.45) is 5.73 Å². The van der Waals surface area contributed by atoms with E-state index in [0.29, 0.717) is 37.4 Å². The number of anilines is 1. The summed E-state index contributed by atoms with van der Waals surface area (Å²) in [6.45, 7) is 7.76. The second kappa shape index (κ2) is 12.6. The number of pyridine rings is 1. The molecule has 0 spiro atoms. The monoisotopic (exact) mass is 426 g/mol. The summed E-state index contributed by atoms with van der Waals surface area (Å²) in [5.74, 6) is 0.401. The maximum atomic E-state index is 13.2. The number of benzene rings is 1. The number of carbonyl (C=O) groups is 2. The number of amides is 2. The van der Waals surface area contributed by atoms with E-state index in [1.807, 2.05) is 56.0 Å². The molecule has 0 saturated heterocycles. The van der Waals surface area contributed by atoms with Crippen molar-refractivity contribution in [2.75, 3.05) is 25.0 Å². The molecule has 0 radical (unpaired) electrons. The van der Waals surface area contributed by atoms with Crippen LogP contribution in [0.1, 0.15) is 55.5 Å². The smallest absolute Gasteiger partial charge is 0.254 e. The van der Waals surface area contributed by atoms with E-state index in [-0.39, 0.29) is 17.9 Å². The van der Waals surface area contributed by atoms with Gasteiger partial charge in [0.05, 0.1) is 0 Å². The van der Waals surface area contributed by atoms with Crippen LogP contribution in [0.4, 0.5) is 5.69 Å². The second-order valence-electron chi connectivity index (χ2n) is 7.92. The zero-order valence-electron chi connectivity index (χ0n) is 18.8. The van der Waals surface area contributed by atoms with Gasteiger partial charge in [0.25, 0.3) is 5.91 Å². The van der Waals surface area contributed by atoms with Crippen molar-refractivity contribution in [3.05, 3.63) is 53.9 Å². The Hall–Kier alpha value is -3.09. The molecule has 0 unspecified atom stereocenters. The summed E-state index contributed by atoms with van der Waals surface area (Å²) >= 11 is 0. The summed E-state index contributed by atoms with van der Waals surface area (Å²) < 4.78 is 5.88. The van der Waals surface area contributed by atoms with E-state index in [1.165, 1.54) is 0 Å². The highest BCUT2D eigenvalue weighted by atomic mass is 16.5. The number of primary amides is 1. The van der Waals surface area contributed by atoms with Crippen molar-refractivity contribution in [3.8, 4) is 5.75 Å². The van der Waals surface area contributed by atoms with Crippen LogP contribution in [0.25, 0.3) is 0 Å². The van der Waals surface area contributed by atoms with Crippen LogP contribution >= 0.6 is 0 Å². The number of unbranched alkanes of at least 4 members (excludes halogenated alkanes) is 2. The Bertz CT molecular complexity index is 840. The lowest BCUT2D eigenvalue weighted by Gasteiger charge is -2.27. The molecule has 1 aromatic carbocycles. The molecule has 0 aliphatic heterocycles. The molecule has 7 heteroatoms. The number of aromatic nitrogens is 1. The largest absolute Gasteiger partial charge is 0.492 e. The summed E-state index contributed by atoms with van der Waals surface area (Å²) in [6.07, 6.45) is 6.33. The number of rotatable bonds is 13. The Morgan fingerprint density at radius 2 is 1.87 bits per heavy atom. The van der Waals surface area contributed by atoms with Crippen LogP contribution in [0.5, 0.6) is 5.75 Å². The Kier molecular flexibility index (Phi) is 9.81. The van der Waals surface area contributed by atoms with Gasteiger partial charge in [0.1, 0.15) is 12.4 Å². The number of nitrogens with one attached hydrogen (secondary N) is 1. The van der Waals surface area contributed by atoms with Crippen LogP contribution in [-0.2, 0) is 4.79 Å². The van der Waals surface area contributed by atoms with Crippen molar-refractivity contribution in [3.63, 3.8) is 0 Å². The number of hydrogen-bond donors (Lipinski definition) is 2. The molecule has 2 amide bonds. The van der Waals surface area contributed by atoms with Crippen LogP contribution in [0.3, 0.4) is 0 Å². The van der Waals surface area contributed by atoms with E-state index in [0.717, 1.165) is 30.5 Å². The molecule has 168 valence electrons. The highest BCUT2D eigenvalue weighted by Crippen LogP contribution is 2.20. The number of nitrogens with two attached hydrogens (primary N) is 1. The van der Waals surface area contributed by atoms with Gasteiger partial charge in [0.15, 0.2) is 0 Å². The lowest BCUT2D eigenvalue weighted by Crippen LogP contribution is -2.37. The fourth-order valence-electron chi connectivity index (χ4n) is 3.31. The SMILES string of the molecule is Cc1cc(OCCNc2ccncc2)cc(C(=O)N(CCCCCC(N)=O)C(C)C)c1. The van der Waals surface area contributed by atoms with Gasteiger partial charge in [0, 0.05) is 49.2 Å². The summed E-state index contributed by atoms with van der Waals surface area (Å²) in [5.41, 5.74) is 7.78. The molecule has 31 heavy (non-hydrogen) atoms. The Labute approximate surface area is 185 Å². The maximum absolute atomic E-state index is 13.2. The molecular formula is C24H34N4O3. The summed E-state index contributed by atoms with van der Waals surface area (Å²) in [4.78, 5) is 29.9. The lowest BCUT2D eigenvalue weighted by atomic mass is 10.1.